The quantitative estimate of drug-likeness (QED) is 0.242. The Kier molecular flexibility index (Phi) is 4.17. The first kappa shape index (κ1) is 20.3. The summed E-state index contributed by atoms with van der Waals surface area (Å²) in [7, 11) is 0. The zero-order valence-electron chi connectivity index (χ0n) is 20.3. The van der Waals surface area contributed by atoms with Crippen LogP contribution in [0.25, 0.3) is 11.1 Å². The minimum Gasteiger partial charge on any atom is -0.310 e. The molecule has 0 aromatic heterocycles. The molecule has 0 radical (unpaired) electrons. The normalized spacial score (nSPS) is 14.3. The second-order valence-electron chi connectivity index (χ2n) is 10.1. The van der Waals surface area contributed by atoms with Crippen LogP contribution in [0.15, 0.2) is 109 Å². The molecule has 0 saturated carbocycles. The molecule has 1 heterocycles. The molecule has 0 saturated heterocycles. The largest absolute Gasteiger partial charge is 0.310 e. The third-order valence-corrected chi connectivity index (χ3v) is 7.84. The van der Waals surface area contributed by atoms with E-state index in [1.165, 1.54) is 67.1 Å². The lowest BCUT2D eigenvalue weighted by Crippen LogP contribution is -2.36. The summed E-state index contributed by atoms with van der Waals surface area (Å²) in [5.41, 5.74) is 15.3. The van der Waals surface area contributed by atoms with Gasteiger partial charge in [0.15, 0.2) is 0 Å². The molecule has 1 heteroatoms. The van der Waals surface area contributed by atoms with Gasteiger partial charge in [-0.1, -0.05) is 102 Å². The monoisotopic (exact) mass is 449 g/mol. The molecule has 0 atom stereocenters. The van der Waals surface area contributed by atoms with Gasteiger partial charge in [0.1, 0.15) is 0 Å². The van der Waals surface area contributed by atoms with E-state index in [0.717, 1.165) is 0 Å². The number of hydrogen-bond donors (Lipinski definition) is 0. The number of rotatable bonds is 1. The molecule has 0 fully saturated rings. The van der Waals surface area contributed by atoms with Crippen molar-refractivity contribution in [3.8, 4) is 11.1 Å². The molecule has 7 rings (SSSR count). The number of fused-ring (bicyclic) bond motifs is 9. The van der Waals surface area contributed by atoms with Crippen molar-refractivity contribution < 1.29 is 0 Å². The van der Waals surface area contributed by atoms with Crippen LogP contribution in [0.4, 0.5) is 17.1 Å². The molecule has 5 aromatic carbocycles. The molecule has 5 aromatic rings. The van der Waals surface area contributed by atoms with Crippen LogP contribution in [-0.4, -0.2) is 0 Å². The first-order valence-corrected chi connectivity index (χ1v) is 12.4. The van der Waals surface area contributed by atoms with Crippen LogP contribution in [0.3, 0.4) is 0 Å². The van der Waals surface area contributed by atoms with E-state index in [1.54, 1.807) is 0 Å². The molecule has 35 heavy (non-hydrogen) atoms. The Morgan fingerprint density at radius 2 is 0.914 bits per heavy atom. The number of anilines is 3. The molecule has 1 aliphatic heterocycles. The molecule has 0 bridgehead atoms. The number of benzene rings is 5. The van der Waals surface area contributed by atoms with Gasteiger partial charge in [0.05, 0.1) is 16.8 Å². The Balaban J connectivity index is 1.67. The van der Waals surface area contributed by atoms with Crippen molar-refractivity contribution in [1.82, 2.24) is 0 Å². The second-order valence-corrected chi connectivity index (χ2v) is 10.1. The zero-order chi connectivity index (χ0) is 23.7. The number of hydrogen-bond acceptors (Lipinski definition) is 1. The molecule has 0 amide bonds. The van der Waals surface area contributed by atoms with Crippen molar-refractivity contribution in [1.29, 1.82) is 0 Å². The third-order valence-electron chi connectivity index (χ3n) is 7.84. The van der Waals surface area contributed by atoms with E-state index in [1.807, 2.05) is 0 Å². The maximum Gasteiger partial charge on any atom is 0.0754 e. The Hall–Kier alpha value is -4.10. The van der Waals surface area contributed by atoms with Gasteiger partial charge in [0, 0.05) is 5.69 Å². The highest BCUT2D eigenvalue weighted by Gasteiger charge is 2.51. The first-order valence-electron chi connectivity index (χ1n) is 12.4. The fourth-order valence-corrected chi connectivity index (χ4v) is 6.35. The van der Waals surface area contributed by atoms with Gasteiger partial charge in [-0.25, -0.2) is 0 Å². The lowest BCUT2D eigenvalue weighted by molar-refractivity contribution is 0.750. The van der Waals surface area contributed by atoms with Crippen LogP contribution in [-0.2, 0) is 5.41 Å². The standard InChI is InChI=1S/C34H27N/c1-22-12-16-25(17-13-22)35-32-18-14-23(2)20-30(32)34(31-21-24(3)15-19-33(31)35)28-10-6-4-8-26(28)27-9-5-7-11-29(27)34/h4-21H,1-3H3. The molecule has 2 aliphatic rings. The average Bonchev–Trinajstić information content (AvgIpc) is 3.17. The first-order chi connectivity index (χ1) is 17.1. The molecule has 1 aliphatic carbocycles. The minimum atomic E-state index is -0.350. The van der Waals surface area contributed by atoms with E-state index in [-0.39, 0.29) is 5.41 Å². The predicted molar refractivity (Wildman–Crippen MR) is 146 cm³/mol. The van der Waals surface area contributed by atoms with Gasteiger partial charge in [-0.15, -0.1) is 0 Å². The summed E-state index contributed by atoms with van der Waals surface area (Å²) < 4.78 is 0. The van der Waals surface area contributed by atoms with Gasteiger partial charge < -0.3 is 4.90 Å². The molecule has 1 spiro atoms. The van der Waals surface area contributed by atoms with Gasteiger partial charge in [-0.05, 0) is 78.4 Å². The summed E-state index contributed by atoms with van der Waals surface area (Å²) in [5, 5.41) is 0. The van der Waals surface area contributed by atoms with E-state index in [2.05, 4.69) is 135 Å². The van der Waals surface area contributed by atoms with Crippen molar-refractivity contribution in [3.05, 3.63) is 148 Å². The van der Waals surface area contributed by atoms with Crippen molar-refractivity contribution in [2.75, 3.05) is 4.90 Å². The molecular weight excluding hydrogens is 422 g/mol. The Bertz CT molecular complexity index is 1520. The van der Waals surface area contributed by atoms with Crippen LogP contribution >= 0.6 is 0 Å². The van der Waals surface area contributed by atoms with E-state index in [9.17, 15) is 0 Å². The summed E-state index contributed by atoms with van der Waals surface area (Å²) in [5.74, 6) is 0. The van der Waals surface area contributed by atoms with Crippen LogP contribution in [0.2, 0.25) is 0 Å². The van der Waals surface area contributed by atoms with Crippen molar-refractivity contribution in [2.24, 2.45) is 0 Å². The highest BCUT2D eigenvalue weighted by Crippen LogP contribution is 2.63. The SMILES string of the molecule is Cc1ccc(N2c3ccc(C)cc3C3(c4ccccc4-c4ccccc43)c3cc(C)ccc32)cc1. The highest BCUT2D eigenvalue weighted by molar-refractivity contribution is 5.95. The zero-order valence-corrected chi connectivity index (χ0v) is 20.3. The lowest BCUT2D eigenvalue weighted by atomic mass is 9.64. The Morgan fingerprint density at radius 3 is 1.43 bits per heavy atom. The number of nitrogens with zero attached hydrogens (tertiary/aromatic N) is 1. The van der Waals surface area contributed by atoms with Crippen LogP contribution in [0, 0.1) is 20.8 Å². The van der Waals surface area contributed by atoms with Crippen LogP contribution in [0.1, 0.15) is 38.9 Å². The van der Waals surface area contributed by atoms with Gasteiger partial charge in [0.2, 0.25) is 0 Å². The Labute approximate surface area is 207 Å². The summed E-state index contributed by atoms with van der Waals surface area (Å²) in [6.07, 6.45) is 0. The van der Waals surface area contributed by atoms with Gasteiger partial charge in [-0.2, -0.15) is 0 Å². The Morgan fingerprint density at radius 1 is 0.457 bits per heavy atom. The smallest absolute Gasteiger partial charge is 0.0754 e. The summed E-state index contributed by atoms with van der Waals surface area (Å²) in [4.78, 5) is 2.46. The van der Waals surface area contributed by atoms with Gasteiger partial charge >= 0.3 is 0 Å². The lowest BCUT2D eigenvalue weighted by Gasteiger charge is -2.45. The van der Waals surface area contributed by atoms with Gasteiger partial charge in [-0.3, -0.25) is 0 Å². The van der Waals surface area contributed by atoms with E-state index < -0.39 is 0 Å². The molecular formula is C34H27N. The molecule has 1 nitrogen and oxygen atoms in total. The van der Waals surface area contributed by atoms with Crippen molar-refractivity contribution in [3.63, 3.8) is 0 Å². The second kappa shape index (κ2) is 7.20. The maximum atomic E-state index is 2.46. The molecule has 168 valence electrons. The fraction of sp³-hybridized carbons (Fsp3) is 0.118. The van der Waals surface area contributed by atoms with Crippen LogP contribution < -0.4 is 4.90 Å². The summed E-state index contributed by atoms with van der Waals surface area (Å²) in [6, 6.07) is 40.9. The summed E-state index contributed by atoms with van der Waals surface area (Å²) >= 11 is 0. The van der Waals surface area contributed by atoms with Gasteiger partial charge in [0.25, 0.3) is 0 Å². The topological polar surface area (TPSA) is 3.24 Å². The highest BCUT2D eigenvalue weighted by atomic mass is 15.2. The predicted octanol–water partition coefficient (Wildman–Crippen LogP) is 8.76. The molecule has 0 N–H and O–H groups in total. The van der Waals surface area contributed by atoms with Crippen molar-refractivity contribution >= 4 is 17.1 Å². The minimum absolute atomic E-state index is 0.350. The van der Waals surface area contributed by atoms with E-state index in [0.29, 0.717) is 0 Å². The van der Waals surface area contributed by atoms with E-state index in [4.69, 9.17) is 0 Å². The average molecular weight is 450 g/mol. The third kappa shape index (κ3) is 2.64. The van der Waals surface area contributed by atoms with E-state index >= 15 is 0 Å². The fourth-order valence-electron chi connectivity index (χ4n) is 6.35. The van der Waals surface area contributed by atoms with Crippen molar-refractivity contribution in [2.45, 2.75) is 26.2 Å². The summed E-state index contributed by atoms with van der Waals surface area (Å²) in [6.45, 7) is 6.57. The number of aryl methyl sites for hydroxylation is 3. The maximum absolute atomic E-state index is 2.46. The molecule has 0 unspecified atom stereocenters. The van der Waals surface area contributed by atoms with Crippen LogP contribution in [0.5, 0.6) is 0 Å².